The molecule has 0 fully saturated rings. The number of para-hydroxylation sites is 1. The third kappa shape index (κ3) is 2.34. The second kappa shape index (κ2) is 5.49. The number of carbonyl (C=O) groups excluding carboxylic acids is 1. The molecule has 0 saturated carbocycles. The van der Waals surface area contributed by atoms with Crippen molar-refractivity contribution >= 4 is 11.6 Å². The van der Waals surface area contributed by atoms with Crippen LogP contribution in [0.2, 0.25) is 0 Å². The molecule has 0 radical (unpaired) electrons. The van der Waals surface area contributed by atoms with Gasteiger partial charge in [0.1, 0.15) is 0 Å². The number of amides is 1. The number of hydrogen-bond acceptors (Lipinski definition) is 1. The number of rotatable bonds is 2. The van der Waals surface area contributed by atoms with Crippen LogP contribution >= 0.6 is 0 Å². The molecule has 1 amide bonds. The van der Waals surface area contributed by atoms with Crippen LogP contribution in [0.4, 0.5) is 5.69 Å². The maximum Gasteiger partial charge on any atom is 0.224 e. The van der Waals surface area contributed by atoms with Crippen LogP contribution in [0.3, 0.4) is 0 Å². The lowest BCUT2D eigenvalue weighted by atomic mass is 9.86. The fourth-order valence-corrected chi connectivity index (χ4v) is 3.17. The summed E-state index contributed by atoms with van der Waals surface area (Å²) in [6.07, 6.45) is 3.29. The summed E-state index contributed by atoms with van der Waals surface area (Å²) in [7, 11) is 0. The number of aryl methyl sites for hydroxylation is 1. The van der Waals surface area contributed by atoms with Gasteiger partial charge in [0.15, 0.2) is 0 Å². The van der Waals surface area contributed by atoms with Crippen molar-refractivity contribution in [3.63, 3.8) is 0 Å². The zero-order valence-electron chi connectivity index (χ0n) is 11.8. The molecule has 2 aromatic rings. The minimum atomic E-state index is 0.109. The van der Waals surface area contributed by atoms with Gasteiger partial charge in [-0.1, -0.05) is 42.5 Å². The van der Waals surface area contributed by atoms with E-state index < -0.39 is 0 Å². The van der Waals surface area contributed by atoms with E-state index in [2.05, 4.69) is 24.3 Å². The maximum absolute atomic E-state index is 12.2. The first-order valence-electron chi connectivity index (χ1n) is 7.20. The zero-order valence-corrected chi connectivity index (χ0v) is 11.8. The molecule has 3 rings (SSSR count). The Bertz CT molecular complexity index is 606. The maximum atomic E-state index is 12.2. The summed E-state index contributed by atoms with van der Waals surface area (Å²) in [4.78, 5) is 14.1. The molecule has 0 spiro atoms. The molecule has 1 atom stereocenters. The highest BCUT2D eigenvalue weighted by Gasteiger charge is 2.28. The van der Waals surface area contributed by atoms with E-state index in [1.807, 2.05) is 35.2 Å². The van der Waals surface area contributed by atoms with Crippen molar-refractivity contribution in [2.24, 2.45) is 0 Å². The molecule has 0 unspecified atom stereocenters. The zero-order chi connectivity index (χ0) is 13.9. The largest absolute Gasteiger partial charge is 0.305 e. The summed E-state index contributed by atoms with van der Waals surface area (Å²) < 4.78 is 0. The van der Waals surface area contributed by atoms with Crippen molar-refractivity contribution in [2.75, 3.05) is 4.90 Å². The van der Waals surface area contributed by atoms with Crippen LogP contribution in [0.5, 0.6) is 0 Å². The van der Waals surface area contributed by atoms with Gasteiger partial charge in [-0.15, -0.1) is 0 Å². The fourth-order valence-electron chi connectivity index (χ4n) is 3.17. The van der Waals surface area contributed by atoms with Crippen LogP contribution in [-0.4, -0.2) is 5.91 Å². The van der Waals surface area contributed by atoms with Crippen molar-refractivity contribution in [1.82, 2.24) is 0 Å². The van der Waals surface area contributed by atoms with Crippen molar-refractivity contribution in [3.8, 4) is 0 Å². The van der Waals surface area contributed by atoms with E-state index in [4.69, 9.17) is 0 Å². The number of anilines is 1. The molecule has 102 valence electrons. The standard InChI is InChI=1S/C18H19NO/c1-14(20)19(16-10-3-2-4-11-16)18-13-7-9-15-8-5-6-12-17(15)18/h2-6,8,10-12,18H,7,9,13H2,1H3/t18-/m0/s1. The van der Waals surface area contributed by atoms with Gasteiger partial charge in [-0.2, -0.15) is 0 Å². The van der Waals surface area contributed by atoms with Gasteiger partial charge in [0.25, 0.3) is 0 Å². The van der Waals surface area contributed by atoms with E-state index in [1.165, 1.54) is 11.1 Å². The first-order chi connectivity index (χ1) is 9.77. The van der Waals surface area contributed by atoms with E-state index in [0.717, 1.165) is 24.9 Å². The van der Waals surface area contributed by atoms with Gasteiger partial charge in [-0.05, 0) is 42.5 Å². The number of carbonyl (C=O) groups is 1. The van der Waals surface area contributed by atoms with Crippen molar-refractivity contribution < 1.29 is 4.79 Å². The summed E-state index contributed by atoms with van der Waals surface area (Å²) in [5.41, 5.74) is 3.67. The average molecular weight is 265 g/mol. The Labute approximate surface area is 120 Å². The van der Waals surface area contributed by atoms with Crippen LogP contribution in [-0.2, 0) is 11.2 Å². The SMILES string of the molecule is CC(=O)N(c1ccccc1)[C@H]1CCCc2ccccc21. The third-order valence-corrected chi connectivity index (χ3v) is 4.02. The first kappa shape index (κ1) is 12.9. The summed E-state index contributed by atoms with van der Waals surface area (Å²) in [6, 6.07) is 18.7. The van der Waals surface area contributed by atoms with Gasteiger partial charge < -0.3 is 4.90 Å². The fraction of sp³-hybridized carbons (Fsp3) is 0.278. The van der Waals surface area contributed by atoms with Crippen LogP contribution in [0.25, 0.3) is 0 Å². The first-order valence-corrected chi connectivity index (χ1v) is 7.20. The molecule has 1 aliphatic rings. The molecule has 0 aromatic heterocycles. The molecule has 20 heavy (non-hydrogen) atoms. The molecule has 2 nitrogen and oxygen atoms in total. The monoisotopic (exact) mass is 265 g/mol. The third-order valence-electron chi connectivity index (χ3n) is 4.02. The Morgan fingerprint density at radius 1 is 1.05 bits per heavy atom. The van der Waals surface area contributed by atoms with Gasteiger partial charge in [0.2, 0.25) is 5.91 Å². The van der Waals surface area contributed by atoms with E-state index in [-0.39, 0.29) is 11.9 Å². The second-order valence-corrected chi connectivity index (χ2v) is 5.33. The second-order valence-electron chi connectivity index (χ2n) is 5.33. The van der Waals surface area contributed by atoms with Gasteiger partial charge in [-0.25, -0.2) is 0 Å². The molecule has 1 aliphatic carbocycles. The summed E-state index contributed by atoms with van der Waals surface area (Å²) in [5, 5.41) is 0. The topological polar surface area (TPSA) is 20.3 Å². The molecule has 2 aromatic carbocycles. The van der Waals surface area contributed by atoms with Gasteiger partial charge in [0, 0.05) is 12.6 Å². The Morgan fingerprint density at radius 3 is 2.50 bits per heavy atom. The molecule has 0 N–H and O–H groups in total. The van der Waals surface area contributed by atoms with Crippen molar-refractivity contribution in [3.05, 3.63) is 65.7 Å². The summed E-state index contributed by atoms with van der Waals surface area (Å²) >= 11 is 0. The normalized spacial score (nSPS) is 17.4. The quantitative estimate of drug-likeness (QED) is 0.800. The number of benzene rings is 2. The Hall–Kier alpha value is -2.09. The van der Waals surface area contributed by atoms with Crippen LogP contribution < -0.4 is 4.90 Å². The molecule has 0 heterocycles. The highest BCUT2D eigenvalue weighted by atomic mass is 16.2. The molecule has 0 bridgehead atoms. The number of hydrogen-bond donors (Lipinski definition) is 0. The summed E-state index contributed by atoms with van der Waals surface area (Å²) in [6.45, 7) is 1.66. The number of nitrogens with zero attached hydrogens (tertiary/aromatic N) is 1. The minimum absolute atomic E-state index is 0.109. The predicted molar refractivity (Wildman–Crippen MR) is 81.7 cm³/mol. The minimum Gasteiger partial charge on any atom is -0.305 e. The lowest BCUT2D eigenvalue weighted by Gasteiger charge is -2.35. The lowest BCUT2D eigenvalue weighted by molar-refractivity contribution is -0.117. The van der Waals surface area contributed by atoms with E-state index in [1.54, 1.807) is 6.92 Å². The smallest absolute Gasteiger partial charge is 0.224 e. The lowest BCUT2D eigenvalue weighted by Crippen LogP contribution is -2.35. The Morgan fingerprint density at radius 2 is 1.75 bits per heavy atom. The van der Waals surface area contributed by atoms with E-state index in [0.29, 0.717) is 0 Å². The van der Waals surface area contributed by atoms with Crippen molar-refractivity contribution in [2.45, 2.75) is 32.2 Å². The van der Waals surface area contributed by atoms with E-state index in [9.17, 15) is 4.79 Å². The number of fused-ring (bicyclic) bond motifs is 1. The molecule has 0 aliphatic heterocycles. The van der Waals surface area contributed by atoms with Gasteiger partial charge in [-0.3, -0.25) is 4.79 Å². The van der Waals surface area contributed by atoms with Crippen LogP contribution in [0, 0.1) is 0 Å². The van der Waals surface area contributed by atoms with Gasteiger partial charge >= 0.3 is 0 Å². The van der Waals surface area contributed by atoms with Crippen molar-refractivity contribution in [1.29, 1.82) is 0 Å². The summed E-state index contributed by atoms with van der Waals surface area (Å²) in [5.74, 6) is 0.109. The van der Waals surface area contributed by atoms with Crippen LogP contribution in [0.1, 0.15) is 36.9 Å². The van der Waals surface area contributed by atoms with Crippen LogP contribution in [0.15, 0.2) is 54.6 Å². The average Bonchev–Trinajstić information content (AvgIpc) is 2.48. The highest BCUT2D eigenvalue weighted by molar-refractivity contribution is 5.92. The Balaban J connectivity index is 2.04. The predicted octanol–water partition coefficient (Wildman–Crippen LogP) is 4.12. The Kier molecular flexibility index (Phi) is 3.55. The molecular weight excluding hydrogens is 246 g/mol. The van der Waals surface area contributed by atoms with E-state index >= 15 is 0 Å². The molecular formula is C18H19NO. The highest BCUT2D eigenvalue weighted by Crippen LogP contribution is 2.36. The van der Waals surface area contributed by atoms with Gasteiger partial charge in [0.05, 0.1) is 6.04 Å². The molecule has 0 saturated heterocycles. The molecule has 2 heteroatoms.